The second kappa shape index (κ2) is 7.82. The monoisotopic (exact) mass is 393 g/mol. The van der Waals surface area contributed by atoms with E-state index in [9.17, 15) is 9.59 Å². The Morgan fingerprint density at radius 1 is 1.18 bits per heavy atom. The third kappa shape index (κ3) is 3.75. The summed E-state index contributed by atoms with van der Waals surface area (Å²) in [6.07, 6.45) is 1.09. The van der Waals surface area contributed by atoms with Crippen molar-refractivity contribution in [2.75, 3.05) is 23.9 Å². The lowest BCUT2D eigenvalue weighted by Crippen LogP contribution is -2.30. The number of ether oxygens (including phenoxy) is 1. The Bertz CT molecular complexity index is 1010. The molecule has 0 atom stereocenters. The van der Waals surface area contributed by atoms with Crippen LogP contribution < -0.4 is 15.0 Å². The molecule has 28 heavy (non-hydrogen) atoms. The van der Waals surface area contributed by atoms with Gasteiger partial charge in [-0.15, -0.1) is 11.3 Å². The fourth-order valence-electron chi connectivity index (χ4n) is 3.20. The maximum absolute atomic E-state index is 12.7. The van der Waals surface area contributed by atoms with E-state index >= 15 is 0 Å². The number of rotatable bonds is 5. The predicted octanol–water partition coefficient (Wildman–Crippen LogP) is 3.54. The van der Waals surface area contributed by atoms with Crippen molar-refractivity contribution in [3.05, 3.63) is 70.7 Å². The second-order valence-electron chi connectivity index (χ2n) is 6.43. The number of nitrogens with one attached hydrogen (secondary N) is 1. The number of hydrogen-bond acceptors (Lipinski definition) is 5. The minimum atomic E-state index is -0.247. The van der Waals surface area contributed by atoms with E-state index in [2.05, 4.69) is 16.4 Å². The molecular weight excluding hydrogens is 374 g/mol. The molecule has 0 saturated heterocycles. The maximum Gasteiger partial charge on any atom is 0.257 e. The van der Waals surface area contributed by atoms with Gasteiger partial charge in [0.1, 0.15) is 5.75 Å². The van der Waals surface area contributed by atoms with Gasteiger partial charge in [-0.25, -0.2) is 4.98 Å². The average molecular weight is 393 g/mol. The van der Waals surface area contributed by atoms with Crippen molar-refractivity contribution in [3.63, 3.8) is 0 Å². The Kier molecular flexibility index (Phi) is 5.08. The maximum atomic E-state index is 12.7. The van der Waals surface area contributed by atoms with Gasteiger partial charge in [-0.3, -0.25) is 14.9 Å². The zero-order chi connectivity index (χ0) is 19.5. The molecule has 0 radical (unpaired) electrons. The zero-order valence-corrected chi connectivity index (χ0v) is 16.2. The first-order valence-corrected chi connectivity index (χ1v) is 9.80. The summed E-state index contributed by atoms with van der Waals surface area (Å²) >= 11 is 1.31. The molecule has 1 aliphatic rings. The molecule has 2 amide bonds. The lowest BCUT2D eigenvalue weighted by Gasteiger charge is -2.16. The number of hydrogen-bond donors (Lipinski definition) is 1. The minimum absolute atomic E-state index is 0.0169. The number of amides is 2. The van der Waals surface area contributed by atoms with Crippen LogP contribution in [-0.4, -0.2) is 30.5 Å². The Hall–Kier alpha value is -3.19. The van der Waals surface area contributed by atoms with Gasteiger partial charge in [-0.05, 0) is 42.3 Å². The van der Waals surface area contributed by atoms with Crippen molar-refractivity contribution in [2.45, 2.75) is 12.8 Å². The summed E-state index contributed by atoms with van der Waals surface area (Å²) in [4.78, 5) is 31.2. The second-order valence-corrected chi connectivity index (χ2v) is 7.29. The number of benzene rings is 2. The molecule has 0 bridgehead atoms. The van der Waals surface area contributed by atoms with Crippen molar-refractivity contribution >= 4 is 34.0 Å². The van der Waals surface area contributed by atoms with E-state index in [-0.39, 0.29) is 18.2 Å². The molecule has 1 aromatic heterocycles. The Morgan fingerprint density at radius 2 is 1.96 bits per heavy atom. The quantitative estimate of drug-likeness (QED) is 0.720. The number of para-hydroxylation sites is 1. The molecule has 0 saturated carbocycles. The molecule has 0 aliphatic carbocycles. The number of carbonyl (C=O) groups is 2. The summed E-state index contributed by atoms with van der Waals surface area (Å²) in [5, 5.41) is 5.06. The number of fused-ring (bicyclic) bond motifs is 1. The van der Waals surface area contributed by atoms with Crippen LogP contribution in [0.15, 0.2) is 53.9 Å². The standard InChI is InChI=1S/C21H19N3O3S/c1-27-17-8-6-15(7-9-17)20(26)23-21-22-16(13-28-21)12-19(25)24-11-10-14-4-2-3-5-18(14)24/h2-9,13H,10-12H2,1H3,(H,22,23,26). The molecule has 142 valence electrons. The van der Waals surface area contributed by atoms with E-state index in [0.29, 0.717) is 28.7 Å². The minimum Gasteiger partial charge on any atom is -0.497 e. The van der Waals surface area contributed by atoms with Gasteiger partial charge >= 0.3 is 0 Å². The largest absolute Gasteiger partial charge is 0.497 e. The Balaban J connectivity index is 1.39. The van der Waals surface area contributed by atoms with Gasteiger partial charge in [-0.1, -0.05) is 18.2 Å². The van der Waals surface area contributed by atoms with E-state index in [1.807, 2.05) is 28.5 Å². The van der Waals surface area contributed by atoms with E-state index in [1.165, 1.54) is 16.9 Å². The number of thiazole rings is 1. The highest BCUT2D eigenvalue weighted by Crippen LogP contribution is 2.28. The van der Waals surface area contributed by atoms with Crippen molar-refractivity contribution < 1.29 is 14.3 Å². The van der Waals surface area contributed by atoms with Gasteiger partial charge in [0, 0.05) is 23.2 Å². The van der Waals surface area contributed by atoms with Crippen molar-refractivity contribution in [1.29, 1.82) is 0 Å². The van der Waals surface area contributed by atoms with E-state index in [0.717, 1.165) is 12.1 Å². The third-order valence-corrected chi connectivity index (χ3v) is 5.45. The molecule has 0 unspecified atom stereocenters. The van der Waals surface area contributed by atoms with Crippen LogP contribution in [-0.2, 0) is 17.6 Å². The topological polar surface area (TPSA) is 71.5 Å². The van der Waals surface area contributed by atoms with Crippen LogP contribution in [0.25, 0.3) is 0 Å². The Labute approximate surface area is 166 Å². The predicted molar refractivity (Wildman–Crippen MR) is 109 cm³/mol. The highest BCUT2D eigenvalue weighted by molar-refractivity contribution is 7.14. The summed E-state index contributed by atoms with van der Waals surface area (Å²) in [5.74, 6) is 0.460. The molecule has 1 aliphatic heterocycles. The smallest absolute Gasteiger partial charge is 0.257 e. The highest BCUT2D eigenvalue weighted by Gasteiger charge is 2.24. The van der Waals surface area contributed by atoms with Crippen molar-refractivity contribution in [3.8, 4) is 5.75 Å². The first-order chi connectivity index (χ1) is 13.6. The van der Waals surface area contributed by atoms with Crippen LogP contribution in [0.4, 0.5) is 10.8 Å². The summed E-state index contributed by atoms with van der Waals surface area (Å²) in [7, 11) is 1.58. The molecule has 4 rings (SSSR count). The first kappa shape index (κ1) is 18.2. The number of methoxy groups -OCH3 is 1. The number of carbonyl (C=O) groups excluding carboxylic acids is 2. The van der Waals surface area contributed by atoms with Crippen LogP contribution in [0.1, 0.15) is 21.6 Å². The highest BCUT2D eigenvalue weighted by atomic mass is 32.1. The molecule has 2 heterocycles. The third-order valence-electron chi connectivity index (χ3n) is 4.64. The molecule has 3 aromatic rings. The average Bonchev–Trinajstić information content (AvgIpc) is 3.34. The van der Waals surface area contributed by atoms with Gasteiger partial charge < -0.3 is 9.64 Å². The normalized spacial score (nSPS) is 12.5. The number of aromatic nitrogens is 1. The lowest BCUT2D eigenvalue weighted by atomic mass is 10.2. The lowest BCUT2D eigenvalue weighted by molar-refractivity contribution is -0.117. The summed E-state index contributed by atoms with van der Waals surface area (Å²) in [5.41, 5.74) is 3.35. The van der Waals surface area contributed by atoms with Gasteiger partial charge in [0.15, 0.2) is 5.13 Å². The van der Waals surface area contributed by atoms with E-state index in [1.54, 1.807) is 31.4 Å². The van der Waals surface area contributed by atoms with Crippen molar-refractivity contribution in [2.24, 2.45) is 0 Å². The fourth-order valence-corrected chi connectivity index (χ4v) is 3.91. The van der Waals surface area contributed by atoms with Crippen LogP contribution in [0, 0.1) is 0 Å². The van der Waals surface area contributed by atoms with Crippen molar-refractivity contribution in [1.82, 2.24) is 4.98 Å². The van der Waals surface area contributed by atoms with E-state index in [4.69, 9.17) is 4.74 Å². The van der Waals surface area contributed by atoms with Crippen LogP contribution in [0.5, 0.6) is 5.75 Å². The zero-order valence-electron chi connectivity index (χ0n) is 15.3. The molecular formula is C21H19N3O3S. The molecule has 1 N–H and O–H groups in total. The van der Waals surface area contributed by atoms with Gasteiger partial charge in [0.05, 0.1) is 19.2 Å². The molecule has 2 aromatic carbocycles. The van der Waals surface area contributed by atoms with Crippen LogP contribution in [0.3, 0.4) is 0 Å². The molecule has 7 heteroatoms. The summed E-state index contributed by atoms with van der Waals surface area (Å²) in [6.45, 7) is 0.698. The molecule has 6 nitrogen and oxygen atoms in total. The summed E-state index contributed by atoms with van der Waals surface area (Å²) in [6, 6.07) is 14.8. The van der Waals surface area contributed by atoms with Crippen LogP contribution >= 0.6 is 11.3 Å². The molecule has 0 spiro atoms. The molecule has 0 fully saturated rings. The van der Waals surface area contributed by atoms with Gasteiger partial charge in [0.25, 0.3) is 5.91 Å². The summed E-state index contributed by atoms with van der Waals surface area (Å²) < 4.78 is 5.09. The fraction of sp³-hybridized carbons (Fsp3) is 0.190. The van der Waals surface area contributed by atoms with Gasteiger partial charge in [0.2, 0.25) is 5.91 Å². The Morgan fingerprint density at radius 3 is 2.75 bits per heavy atom. The van der Waals surface area contributed by atoms with Crippen LogP contribution in [0.2, 0.25) is 0 Å². The van der Waals surface area contributed by atoms with Gasteiger partial charge in [-0.2, -0.15) is 0 Å². The number of anilines is 2. The number of nitrogens with zero attached hydrogens (tertiary/aromatic N) is 2. The first-order valence-electron chi connectivity index (χ1n) is 8.92. The van der Waals surface area contributed by atoms with E-state index < -0.39 is 0 Å². The SMILES string of the molecule is COc1ccc(C(=O)Nc2nc(CC(=O)N3CCc4ccccc43)cs2)cc1.